The number of ketones is 1. The summed E-state index contributed by atoms with van der Waals surface area (Å²) < 4.78 is 5.43. The topological polar surface area (TPSA) is 58.6 Å². The smallest absolute Gasteiger partial charge is 0.292 e. The van der Waals surface area contributed by atoms with Crippen LogP contribution in [0.2, 0.25) is 0 Å². The average Bonchev–Trinajstić information content (AvgIpc) is 2.69. The van der Waals surface area contributed by atoms with Gasteiger partial charge < -0.3 is 10.1 Å². The molecule has 5 nitrogen and oxygen atoms in total. The van der Waals surface area contributed by atoms with Crippen molar-refractivity contribution in [3.63, 3.8) is 0 Å². The van der Waals surface area contributed by atoms with Gasteiger partial charge in [-0.15, -0.1) is 0 Å². The maximum atomic E-state index is 12.3. The predicted octanol–water partition coefficient (Wildman–Crippen LogP) is 2.37. The maximum Gasteiger partial charge on any atom is 0.292 e. The molecule has 0 aromatic heterocycles. The van der Waals surface area contributed by atoms with Crippen LogP contribution in [0.15, 0.2) is 54.6 Å². The monoisotopic (exact) mass is 352 g/mol. The van der Waals surface area contributed by atoms with Gasteiger partial charge >= 0.3 is 0 Å². The molecule has 1 aliphatic heterocycles. The molecule has 1 atom stereocenters. The Morgan fingerprint density at radius 1 is 1.04 bits per heavy atom. The number of ether oxygens (including phenoxy) is 1. The number of amides is 1. The van der Waals surface area contributed by atoms with Crippen molar-refractivity contribution in [2.45, 2.75) is 13.0 Å². The van der Waals surface area contributed by atoms with Crippen LogP contribution < -0.4 is 5.32 Å². The zero-order chi connectivity index (χ0) is 18.4. The van der Waals surface area contributed by atoms with Crippen molar-refractivity contribution >= 4 is 11.7 Å². The summed E-state index contributed by atoms with van der Waals surface area (Å²) in [6, 6.07) is 17.1. The Hall–Kier alpha value is -2.50. The zero-order valence-electron chi connectivity index (χ0n) is 15.0. The summed E-state index contributed by atoms with van der Waals surface area (Å²) in [6.07, 6.45) is 0. The van der Waals surface area contributed by atoms with Crippen LogP contribution in [0, 0.1) is 6.92 Å². The first-order chi connectivity index (χ1) is 12.6. The third kappa shape index (κ3) is 4.56. The highest BCUT2D eigenvalue weighted by molar-refractivity contribution is 6.42. The van der Waals surface area contributed by atoms with Crippen LogP contribution in [0.25, 0.3) is 0 Å². The number of hydrogen-bond acceptors (Lipinski definition) is 4. The standard InChI is InChI=1S/C21H24N2O3/c1-16-7-9-18(10-8-16)20(24)21(25)22-15-19(17-5-3-2-4-6-17)23-11-13-26-14-12-23/h2-10,19H,11-15H2,1H3,(H,22,25). The van der Waals surface area contributed by atoms with E-state index < -0.39 is 11.7 Å². The predicted molar refractivity (Wildman–Crippen MR) is 100 cm³/mol. The van der Waals surface area contributed by atoms with Crippen molar-refractivity contribution in [3.8, 4) is 0 Å². The molecule has 0 bridgehead atoms. The number of hydrogen-bond donors (Lipinski definition) is 1. The Morgan fingerprint density at radius 2 is 1.69 bits per heavy atom. The lowest BCUT2D eigenvalue weighted by Crippen LogP contribution is -2.44. The molecular formula is C21H24N2O3. The molecule has 3 rings (SSSR count). The lowest BCUT2D eigenvalue weighted by Gasteiger charge is -2.34. The molecule has 5 heteroatoms. The van der Waals surface area contributed by atoms with Crippen LogP contribution in [-0.4, -0.2) is 49.4 Å². The van der Waals surface area contributed by atoms with Gasteiger partial charge in [-0.05, 0) is 12.5 Å². The molecule has 2 aromatic rings. The molecule has 26 heavy (non-hydrogen) atoms. The van der Waals surface area contributed by atoms with E-state index in [0.29, 0.717) is 25.3 Å². The fourth-order valence-electron chi connectivity index (χ4n) is 3.13. The number of aryl methyl sites for hydroxylation is 1. The number of carbonyl (C=O) groups excluding carboxylic acids is 2. The normalized spacial score (nSPS) is 16.0. The molecular weight excluding hydrogens is 328 g/mol. The van der Waals surface area contributed by atoms with Crippen LogP contribution >= 0.6 is 0 Å². The Morgan fingerprint density at radius 3 is 2.35 bits per heavy atom. The van der Waals surface area contributed by atoms with E-state index in [9.17, 15) is 9.59 Å². The van der Waals surface area contributed by atoms with Gasteiger partial charge in [-0.1, -0.05) is 60.2 Å². The molecule has 1 aliphatic rings. The summed E-state index contributed by atoms with van der Waals surface area (Å²) in [5.74, 6) is -1.07. The van der Waals surface area contributed by atoms with Crippen molar-refractivity contribution in [1.82, 2.24) is 10.2 Å². The number of carbonyl (C=O) groups is 2. The van der Waals surface area contributed by atoms with Crippen molar-refractivity contribution in [2.75, 3.05) is 32.8 Å². The molecule has 1 saturated heterocycles. The molecule has 1 amide bonds. The summed E-state index contributed by atoms with van der Waals surface area (Å²) >= 11 is 0. The highest BCUT2D eigenvalue weighted by atomic mass is 16.5. The molecule has 0 spiro atoms. The lowest BCUT2D eigenvalue weighted by atomic mass is 10.0. The average molecular weight is 352 g/mol. The van der Waals surface area contributed by atoms with Gasteiger partial charge in [0.25, 0.3) is 5.91 Å². The SMILES string of the molecule is Cc1ccc(C(=O)C(=O)NCC(c2ccccc2)N2CCOCC2)cc1. The summed E-state index contributed by atoms with van der Waals surface area (Å²) in [6.45, 7) is 5.31. The third-order valence-corrected chi connectivity index (χ3v) is 4.65. The van der Waals surface area contributed by atoms with Crippen LogP contribution in [0.1, 0.15) is 27.5 Å². The molecule has 0 saturated carbocycles. The fraction of sp³-hybridized carbons (Fsp3) is 0.333. The van der Waals surface area contributed by atoms with E-state index in [1.807, 2.05) is 49.4 Å². The zero-order valence-corrected chi connectivity index (χ0v) is 15.0. The molecule has 1 heterocycles. The first-order valence-corrected chi connectivity index (χ1v) is 8.91. The summed E-state index contributed by atoms with van der Waals surface area (Å²) in [5.41, 5.74) is 2.59. The fourth-order valence-corrected chi connectivity index (χ4v) is 3.13. The molecule has 136 valence electrons. The number of nitrogens with one attached hydrogen (secondary N) is 1. The first kappa shape index (κ1) is 18.3. The van der Waals surface area contributed by atoms with E-state index in [0.717, 1.165) is 24.2 Å². The second-order valence-corrected chi connectivity index (χ2v) is 6.48. The quantitative estimate of drug-likeness (QED) is 0.641. The number of rotatable bonds is 6. The largest absolute Gasteiger partial charge is 0.379 e. The second kappa shape index (κ2) is 8.74. The molecule has 0 radical (unpaired) electrons. The van der Waals surface area contributed by atoms with Gasteiger partial charge in [0.1, 0.15) is 0 Å². The van der Waals surface area contributed by atoms with Crippen molar-refractivity contribution in [1.29, 1.82) is 0 Å². The van der Waals surface area contributed by atoms with Crippen LogP contribution in [0.5, 0.6) is 0 Å². The van der Waals surface area contributed by atoms with E-state index in [-0.39, 0.29) is 6.04 Å². The van der Waals surface area contributed by atoms with Gasteiger partial charge in [-0.3, -0.25) is 14.5 Å². The van der Waals surface area contributed by atoms with Crippen LogP contribution in [0.3, 0.4) is 0 Å². The van der Waals surface area contributed by atoms with Gasteiger partial charge in [-0.2, -0.15) is 0 Å². The molecule has 1 unspecified atom stereocenters. The summed E-state index contributed by atoms with van der Waals surface area (Å²) in [4.78, 5) is 27.0. The second-order valence-electron chi connectivity index (χ2n) is 6.48. The summed E-state index contributed by atoms with van der Waals surface area (Å²) in [7, 11) is 0. The Bertz CT molecular complexity index is 738. The Balaban J connectivity index is 1.67. The van der Waals surface area contributed by atoms with E-state index in [1.165, 1.54) is 0 Å². The van der Waals surface area contributed by atoms with Crippen LogP contribution in [0.4, 0.5) is 0 Å². The third-order valence-electron chi connectivity index (χ3n) is 4.65. The molecule has 1 fully saturated rings. The van der Waals surface area contributed by atoms with Gasteiger partial charge in [0.15, 0.2) is 0 Å². The minimum Gasteiger partial charge on any atom is -0.379 e. The maximum absolute atomic E-state index is 12.3. The highest BCUT2D eigenvalue weighted by Gasteiger charge is 2.24. The van der Waals surface area contributed by atoms with Crippen molar-refractivity contribution < 1.29 is 14.3 Å². The number of morpholine rings is 1. The van der Waals surface area contributed by atoms with Gasteiger partial charge in [0.05, 0.1) is 19.3 Å². The van der Waals surface area contributed by atoms with Crippen molar-refractivity contribution in [2.24, 2.45) is 0 Å². The van der Waals surface area contributed by atoms with Crippen LogP contribution in [-0.2, 0) is 9.53 Å². The van der Waals surface area contributed by atoms with E-state index >= 15 is 0 Å². The van der Waals surface area contributed by atoms with Gasteiger partial charge in [0, 0.05) is 25.2 Å². The number of Topliss-reactive ketones (excluding diaryl/α,β-unsaturated/α-hetero) is 1. The minimum absolute atomic E-state index is 0.0230. The highest BCUT2D eigenvalue weighted by Crippen LogP contribution is 2.21. The first-order valence-electron chi connectivity index (χ1n) is 8.91. The Kier molecular flexibility index (Phi) is 6.15. The lowest BCUT2D eigenvalue weighted by molar-refractivity contribution is -0.117. The number of nitrogens with zero attached hydrogens (tertiary/aromatic N) is 1. The van der Waals surface area contributed by atoms with Gasteiger partial charge in [-0.25, -0.2) is 0 Å². The van der Waals surface area contributed by atoms with Gasteiger partial charge in [0.2, 0.25) is 5.78 Å². The minimum atomic E-state index is -0.567. The molecule has 1 N–H and O–H groups in total. The van der Waals surface area contributed by atoms with E-state index in [4.69, 9.17) is 4.74 Å². The number of benzene rings is 2. The van der Waals surface area contributed by atoms with E-state index in [2.05, 4.69) is 10.2 Å². The Labute approximate surface area is 154 Å². The summed E-state index contributed by atoms with van der Waals surface area (Å²) in [5, 5.41) is 2.82. The van der Waals surface area contributed by atoms with E-state index in [1.54, 1.807) is 12.1 Å². The molecule has 0 aliphatic carbocycles. The van der Waals surface area contributed by atoms with Crippen molar-refractivity contribution in [3.05, 3.63) is 71.3 Å². The molecule has 2 aromatic carbocycles.